The fourth-order valence-corrected chi connectivity index (χ4v) is 3.89. The predicted octanol–water partition coefficient (Wildman–Crippen LogP) is 4.13. The molecule has 0 aliphatic rings. The lowest BCUT2D eigenvalue weighted by atomic mass is 10.1. The molecule has 0 atom stereocenters. The monoisotopic (exact) mass is 392 g/mol. The Hall–Kier alpha value is -1.99. The molecule has 2 aromatic carbocycles. The summed E-state index contributed by atoms with van der Waals surface area (Å²) in [5.41, 5.74) is 0.919. The van der Waals surface area contributed by atoms with Crippen molar-refractivity contribution >= 4 is 33.4 Å². The smallest absolute Gasteiger partial charge is 0.261 e. The van der Waals surface area contributed by atoms with E-state index >= 15 is 0 Å². The fourth-order valence-electron chi connectivity index (χ4n) is 2.42. The van der Waals surface area contributed by atoms with Crippen LogP contribution in [0, 0.1) is 0 Å². The predicted molar refractivity (Wildman–Crippen MR) is 107 cm³/mol. The Morgan fingerprint density at radius 2 is 1.58 bits per heavy atom. The van der Waals surface area contributed by atoms with Gasteiger partial charge in [-0.2, -0.15) is 0 Å². The molecule has 5 nitrogen and oxygen atoms in total. The third kappa shape index (κ3) is 5.25. The average Bonchev–Trinajstić information content (AvgIpc) is 2.66. The van der Waals surface area contributed by atoms with Crippen LogP contribution >= 0.6 is 11.8 Å². The Morgan fingerprint density at radius 3 is 2.08 bits per heavy atom. The number of nitrogens with one attached hydrogen (secondary N) is 2. The SMILES string of the molecule is CCC(CC)NC(=O)c1ccc(NS(=O)(=O)c2ccc(SC)cc2)cc1. The summed E-state index contributed by atoms with van der Waals surface area (Å²) >= 11 is 1.55. The Kier molecular flexibility index (Phi) is 7.11. The minimum Gasteiger partial charge on any atom is -0.349 e. The molecule has 0 spiro atoms. The number of rotatable bonds is 8. The number of sulfonamides is 1. The van der Waals surface area contributed by atoms with Gasteiger partial charge in [0.25, 0.3) is 15.9 Å². The molecule has 26 heavy (non-hydrogen) atoms. The lowest BCUT2D eigenvalue weighted by molar-refractivity contribution is 0.0935. The van der Waals surface area contributed by atoms with Gasteiger partial charge in [-0.25, -0.2) is 8.42 Å². The van der Waals surface area contributed by atoms with Gasteiger partial charge in [0.15, 0.2) is 0 Å². The molecule has 2 rings (SSSR count). The van der Waals surface area contributed by atoms with Gasteiger partial charge in [-0.3, -0.25) is 9.52 Å². The molecule has 7 heteroatoms. The van der Waals surface area contributed by atoms with Crippen LogP contribution in [-0.2, 0) is 10.0 Å². The van der Waals surface area contributed by atoms with Crippen LogP contribution in [0.25, 0.3) is 0 Å². The van der Waals surface area contributed by atoms with Crippen molar-refractivity contribution in [1.29, 1.82) is 0 Å². The third-order valence-electron chi connectivity index (χ3n) is 4.09. The summed E-state index contributed by atoms with van der Waals surface area (Å²) in [7, 11) is -3.66. The first-order chi connectivity index (χ1) is 12.4. The van der Waals surface area contributed by atoms with Crippen molar-refractivity contribution < 1.29 is 13.2 Å². The molecule has 0 saturated heterocycles. The highest BCUT2D eigenvalue weighted by atomic mass is 32.2. The fraction of sp³-hybridized carbons (Fsp3) is 0.316. The highest BCUT2D eigenvalue weighted by Crippen LogP contribution is 2.20. The summed E-state index contributed by atoms with van der Waals surface area (Å²) in [6.07, 6.45) is 3.67. The van der Waals surface area contributed by atoms with Gasteiger partial charge in [-0.15, -0.1) is 11.8 Å². The maximum atomic E-state index is 12.4. The van der Waals surface area contributed by atoms with E-state index in [0.717, 1.165) is 17.7 Å². The van der Waals surface area contributed by atoms with Crippen LogP contribution in [-0.4, -0.2) is 26.6 Å². The topological polar surface area (TPSA) is 75.3 Å². The zero-order valence-corrected chi connectivity index (χ0v) is 16.8. The number of hydrogen-bond donors (Lipinski definition) is 2. The van der Waals surface area contributed by atoms with Crippen molar-refractivity contribution in [2.45, 2.75) is 42.5 Å². The standard InChI is InChI=1S/C19H24N2O3S2/c1-4-15(5-2)20-19(22)14-6-8-16(9-7-14)21-26(23,24)18-12-10-17(25-3)11-13-18/h6-13,15,21H,4-5H2,1-3H3,(H,20,22). The van der Waals surface area contributed by atoms with Crippen molar-refractivity contribution in [2.75, 3.05) is 11.0 Å². The molecule has 0 unspecified atom stereocenters. The van der Waals surface area contributed by atoms with Crippen molar-refractivity contribution in [1.82, 2.24) is 5.32 Å². The second-order valence-corrected chi connectivity index (χ2v) is 8.41. The molecule has 0 radical (unpaired) electrons. The number of carbonyl (C=O) groups is 1. The van der Waals surface area contributed by atoms with Gasteiger partial charge in [0.1, 0.15) is 0 Å². The first kappa shape index (κ1) is 20.3. The number of hydrogen-bond acceptors (Lipinski definition) is 4. The van der Waals surface area contributed by atoms with Crippen LogP contribution in [0.2, 0.25) is 0 Å². The van der Waals surface area contributed by atoms with Crippen molar-refractivity contribution in [3.8, 4) is 0 Å². The number of anilines is 1. The lowest BCUT2D eigenvalue weighted by Gasteiger charge is -2.15. The van der Waals surface area contributed by atoms with E-state index < -0.39 is 10.0 Å². The number of thioether (sulfide) groups is 1. The van der Waals surface area contributed by atoms with E-state index in [9.17, 15) is 13.2 Å². The van der Waals surface area contributed by atoms with Crippen LogP contribution in [0.4, 0.5) is 5.69 Å². The van der Waals surface area contributed by atoms with E-state index in [2.05, 4.69) is 10.0 Å². The molecule has 2 N–H and O–H groups in total. The first-order valence-corrected chi connectivity index (χ1v) is 11.2. The zero-order chi connectivity index (χ0) is 19.2. The summed E-state index contributed by atoms with van der Waals surface area (Å²) < 4.78 is 27.4. The van der Waals surface area contributed by atoms with E-state index in [1.54, 1.807) is 60.3 Å². The summed E-state index contributed by atoms with van der Waals surface area (Å²) in [6, 6.07) is 13.3. The van der Waals surface area contributed by atoms with Gasteiger partial charge in [0, 0.05) is 22.2 Å². The minimum atomic E-state index is -3.66. The largest absolute Gasteiger partial charge is 0.349 e. The van der Waals surface area contributed by atoms with Crippen molar-refractivity contribution in [3.05, 3.63) is 54.1 Å². The summed E-state index contributed by atoms with van der Waals surface area (Å²) in [5.74, 6) is -0.152. The summed E-state index contributed by atoms with van der Waals surface area (Å²) in [6.45, 7) is 4.05. The molecule has 0 aromatic heterocycles. The molecule has 0 fully saturated rings. The van der Waals surface area contributed by atoms with Gasteiger partial charge in [0.05, 0.1) is 4.90 Å². The summed E-state index contributed by atoms with van der Waals surface area (Å²) in [4.78, 5) is 13.4. The molecule has 0 aliphatic heterocycles. The highest BCUT2D eigenvalue weighted by molar-refractivity contribution is 7.98. The quantitative estimate of drug-likeness (QED) is 0.663. The molecular formula is C19H24N2O3S2. The minimum absolute atomic E-state index is 0.143. The first-order valence-electron chi connectivity index (χ1n) is 8.47. The second kappa shape index (κ2) is 9.09. The zero-order valence-electron chi connectivity index (χ0n) is 15.2. The molecule has 0 heterocycles. The number of benzene rings is 2. The molecule has 0 saturated carbocycles. The van der Waals surface area contributed by atoms with E-state index in [0.29, 0.717) is 11.3 Å². The number of amides is 1. The van der Waals surface area contributed by atoms with Gasteiger partial charge in [-0.05, 0) is 67.6 Å². The Morgan fingerprint density at radius 1 is 1.00 bits per heavy atom. The normalized spacial score (nSPS) is 11.4. The number of carbonyl (C=O) groups excluding carboxylic acids is 1. The van der Waals surface area contributed by atoms with E-state index in [4.69, 9.17) is 0 Å². The van der Waals surface area contributed by atoms with Gasteiger partial charge < -0.3 is 5.32 Å². The Balaban J connectivity index is 2.09. The second-order valence-electron chi connectivity index (χ2n) is 5.85. The van der Waals surface area contributed by atoms with E-state index in [1.165, 1.54) is 0 Å². The van der Waals surface area contributed by atoms with Gasteiger partial charge in [-0.1, -0.05) is 13.8 Å². The Bertz CT molecular complexity index is 828. The van der Waals surface area contributed by atoms with Crippen LogP contribution in [0.1, 0.15) is 37.0 Å². The van der Waals surface area contributed by atoms with E-state index in [1.807, 2.05) is 20.1 Å². The highest BCUT2D eigenvalue weighted by Gasteiger charge is 2.15. The maximum absolute atomic E-state index is 12.4. The van der Waals surface area contributed by atoms with Crippen LogP contribution in [0.5, 0.6) is 0 Å². The van der Waals surface area contributed by atoms with Gasteiger partial charge in [0.2, 0.25) is 0 Å². The maximum Gasteiger partial charge on any atom is 0.261 e. The third-order valence-corrected chi connectivity index (χ3v) is 6.23. The molecule has 0 bridgehead atoms. The average molecular weight is 393 g/mol. The van der Waals surface area contributed by atoms with Crippen LogP contribution < -0.4 is 10.0 Å². The van der Waals surface area contributed by atoms with Crippen molar-refractivity contribution in [3.63, 3.8) is 0 Å². The summed E-state index contributed by atoms with van der Waals surface area (Å²) in [5, 5.41) is 2.96. The molecule has 2 aromatic rings. The van der Waals surface area contributed by atoms with E-state index in [-0.39, 0.29) is 16.8 Å². The van der Waals surface area contributed by atoms with Crippen LogP contribution in [0.15, 0.2) is 58.3 Å². The molecular weight excluding hydrogens is 368 g/mol. The van der Waals surface area contributed by atoms with Gasteiger partial charge >= 0.3 is 0 Å². The van der Waals surface area contributed by atoms with Crippen LogP contribution in [0.3, 0.4) is 0 Å². The molecule has 0 aliphatic carbocycles. The molecule has 1 amide bonds. The Labute approximate surface area is 159 Å². The molecule has 140 valence electrons. The lowest BCUT2D eigenvalue weighted by Crippen LogP contribution is -2.33. The van der Waals surface area contributed by atoms with Crippen molar-refractivity contribution in [2.24, 2.45) is 0 Å².